The summed E-state index contributed by atoms with van der Waals surface area (Å²) in [5.74, 6) is 0.0678. The third-order valence-corrected chi connectivity index (χ3v) is 12.2. The molecule has 0 saturated heterocycles. The lowest BCUT2D eigenvalue weighted by molar-refractivity contribution is 0.793. The van der Waals surface area contributed by atoms with Crippen molar-refractivity contribution in [2.75, 3.05) is 16.5 Å². The van der Waals surface area contributed by atoms with E-state index in [-0.39, 0.29) is 5.92 Å². The highest BCUT2D eigenvalue weighted by atomic mass is 15.5. The van der Waals surface area contributed by atoms with E-state index in [1.54, 1.807) is 0 Å². The molecule has 0 aromatic heterocycles. The Hall–Kier alpha value is -8.53. The average Bonchev–Trinajstić information content (AvgIpc) is 3.39. The fourth-order valence-electron chi connectivity index (χ4n) is 8.81. The first-order valence-corrected chi connectivity index (χ1v) is 22.6. The van der Waals surface area contributed by atoms with Crippen LogP contribution in [0.2, 0.25) is 0 Å². The summed E-state index contributed by atoms with van der Waals surface area (Å²) < 4.78 is 0. The molecule has 0 spiro atoms. The van der Waals surface area contributed by atoms with E-state index in [0.717, 1.165) is 51.5 Å². The smallest absolute Gasteiger partial charge is 0.0658 e. The van der Waals surface area contributed by atoms with E-state index in [2.05, 4.69) is 271 Å². The minimum atomic E-state index is 0.0678. The normalized spacial score (nSPS) is 12.1. The van der Waals surface area contributed by atoms with Crippen LogP contribution in [-0.4, -0.2) is 12.8 Å². The van der Waals surface area contributed by atoms with Crippen molar-refractivity contribution in [3.8, 4) is 11.1 Å². The van der Waals surface area contributed by atoms with Crippen LogP contribution in [0, 0.1) is 0 Å². The largest absolute Gasteiger partial charge is 0.341 e. The highest BCUT2D eigenvalue weighted by molar-refractivity contribution is 6.13. The first-order chi connectivity index (χ1) is 32.7. The third kappa shape index (κ3) is 9.52. The van der Waals surface area contributed by atoms with Crippen LogP contribution in [0.4, 0.5) is 22.7 Å². The summed E-state index contributed by atoms with van der Waals surface area (Å²) in [5.41, 5.74) is 12.5. The standard InChI is InChI=1S/C63H49N3/c1-5-21-48(22-6-1)23-13-14-24-49-39-41-57(42-40-49)65(56-32-9-3-10-33-56)47-63(50-25-7-2-8-26-50)55-31-19-29-51(43-55)52-30-20-36-59(45-52)66(58-34-11-4-12-35-58)64-46-62-60-37-17-15-27-53(60)44-54-28-16-18-38-61(54)62/h1-46,63H,47H2/b23-13+,24-14+,64-46+. The second-order valence-electron chi connectivity index (χ2n) is 16.4. The molecule has 0 aliphatic heterocycles. The molecule has 0 saturated carbocycles. The summed E-state index contributed by atoms with van der Waals surface area (Å²) in [6, 6.07) is 88.5. The van der Waals surface area contributed by atoms with Crippen molar-refractivity contribution in [2.45, 2.75) is 5.92 Å². The second-order valence-corrected chi connectivity index (χ2v) is 16.4. The summed E-state index contributed by atoms with van der Waals surface area (Å²) in [5, 5.41) is 12.1. The van der Waals surface area contributed by atoms with Crippen molar-refractivity contribution < 1.29 is 0 Å². The summed E-state index contributed by atoms with van der Waals surface area (Å²) in [6.07, 6.45) is 10.5. The SMILES string of the molecule is C(/C=C/c1ccc(N(CC(c2ccccc2)c2cccc(-c3cccc(N(/N=C/c4c5ccccc5cc5ccccc45)c4ccccc4)c3)c2)c2ccccc2)cc1)=C\c1ccccc1. The Morgan fingerprint density at radius 3 is 1.52 bits per heavy atom. The average molecular weight is 848 g/mol. The monoisotopic (exact) mass is 847 g/mol. The lowest BCUT2D eigenvalue weighted by Crippen LogP contribution is -2.24. The van der Waals surface area contributed by atoms with E-state index >= 15 is 0 Å². The fourth-order valence-corrected chi connectivity index (χ4v) is 8.81. The minimum Gasteiger partial charge on any atom is -0.341 e. The lowest BCUT2D eigenvalue weighted by Gasteiger charge is -2.31. The van der Waals surface area contributed by atoms with Crippen molar-refractivity contribution in [3.63, 3.8) is 0 Å². The molecule has 316 valence electrons. The second kappa shape index (κ2) is 19.9. The van der Waals surface area contributed by atoms with Crippen molar-refractivity contribution >= 4 is 62.7 Å². The minimum absolute atomic E-state index is 0.0678. The number of para-hydroxylation sites is 2. The Morgan fingerprint density at radius 1 is 0.379 bits per heavy atom. The zero-order chi connectivity index (χ0) is 44.3. The maximum absolute atomic E-state index is 5.28. The molecule has 0 amide bonds. The predicted molar refractivity (Wildman–Crippen MR) is 282 cm³/mol. The summed E-state index contributed by atoms with van der Waals surface area (Å²) in [6.45, 7) is 0.742. The molecular formula is C63H49N3. The van der Waals surface area contributed by atoms with Gasteiger partial charge >= 0.3 is 0 Å². The van der Waals surface area contributed by atoms with Crippen molar-refractivity contribution in [2.24, 2.45) is 5.10 Å². The molecule has 0 N–H and O–H groups in total. The first kappa shape index (κ1) is 41.5. The van der Waals surface area contributed by atoms with Crippen LogP contribution in [0.15, 0.2) is 266 Å². The Bertz CT molecular complexity index is 3210. The van der Waals surface area contributed by atoms with Gasteiger partial charge in [0.15, 0.2) is 0 Å². The zero-order valence-corrected chi connectivity index (χ0v) is 36.7. The number of hydrogen-bond acceptors (Lipinski definition) is 3. The van der Waals surface area contributed by atoms with Gasteiger partial charge < -0.3 is 4.90 Å². The molecule has 3 nitrogen and oxygen atoms in total. The topological polar surface area (TPSA) is 18.8 Å². The van der Waals surface area contributed by atoms with Crippen LogP contribution in [0.3, 0.4) is 0 Å². The van der Waals surface area contributed by atoms with Gasteiger partial charge in [0, 0.05) is 29.4 Å². The number of fused-ring (bicyclic) bond motifs is 2. The number of hydrazone groups is 1. The Kier molecular flexibility index (Phi) is 12.5. The molecule has 0 bridgehead atoms. The van der Waals surface area contributed by atoms with Crippen molar-refractivity contribution in [3.05, 3.63) is 289 Å². The van der Waals surface area contributed by atoms with Crippen LogP contribution in [0.5, 0.6) is 0 Å². The van der Waals surface area contributed by atoms with Crippen molar-refractivity contribution in [1.82, 2.24) is 0 Å². The number of rotatable bonds is 14. The Balaban J connectivity index is 0.983. The van der Waals surface area contributed by atoms with Gasteiger partial charge in [-0.05, 0) is 110 Å². The molecule has 0 heterocycles. The quantitative estimate of drug-likeness (QED) is 0.0470. The van der Waals surface area contributed by atoms with Gasteiger partial charge in [-0.1, -0.05) is 218 Å². The predicted octanol–water partition coefficient (Wildman–Crippen LogP) is 16.5. The highest BCUT2D eigenvalue weighted by Crippen LogP contribution is 2.37. The lowest BCUT2D eigenvalue weighted by atomic mass is 9.88. The molecule has 10 rings (SSSR count). The van der Waals surface area contributed by atoms with E-state index in [4.69, 9.17) is 5.10 Å². The fraction of sp³-hybridized carbons (Fsp3) is 0.0317. The number of hydrogen-bond donors (Lipinski definition) is 0. The van der Waals surface area contributed by atoms with Gasteiger partial charge in [-0.25, -0.2) is 5.01 Å². The summed E-state index contributed by atoms with van der Waals surface area (Å²) in [4.78, 5) is 2.45. The number of allylic oxidation sites excluding steroid dienone is 2. The molecule has 66 heavy (non-hydrogen) atoms. The molecule has 10 aromatic rings. The molecule has 0 radical (unpaired) electrons. The van der Waals surface area contributed by atoms with Gasteiger partial charge in [0.05, 0.1) is 17.6 Å². The molecule has 0 aliphatic rings. The van der Waals surface area contributed by atoms with Crippen molar-refractivity contribution in [1.29, 1.82) is 0 Å². The van der Waals surface area contributed by atoms with Crippen LogP contribution in [-0.2, 0) is 0 Å². The van der Waals surface area contributed by atoms with Gasteiger partial charge in [-0.15, -0.1) is 0 Å². The van der Waals surface area contributed by atoms with Gasteiger partial charge in [0.25, 0.3) is 0 Å². The Morgan fingerprint density at radius 2 is 0.864 bits per heavy atom. The van der Waals surface area contributed by atoms with Gasteiger partial charge in [-0.2, -0.15) is 5.10 Å². The molecular weight excluding hydrogens is 799 g/mol. The van der Waals surface area contributed by atoms with E-state index in [1.165, 1.54) is 38.2 Å². The van der Waals surface area contributed by atoms with E-state index in [9.17, 15) is 0 Å². The molecule has 0 fully saturated rings. The van der Waals surface area contributed by atoms with Gasteiger partial charge in [-0.3, -0.25) is 0 Å². The van der Waals surface area contributed by atoms with Crippen LogP contribution < -0.4 is 9.91 Å². The molecule has 1 atom stereocenters. The van der Waals surface area contributed by atoms with E-state index in [1.807, 2.05) is 18.3 Å². The van der Waals surface area contributed by atoms with Crippen LogP contribution in [0.25, 0.3) is 44.8 Å². The molecule has 3 heteroatoms. The van der Waals surface area contributed by atoms with E-state index < -0.39 is 0 Å². The molecule has 10 aromatic carbocycles. The maximum atomic E-state index is 5.28. The third-order valence-electron chi connectivity index (χ3n) is 12.2. The first-order valence-electron chi connectivity index (χ1n) is 22.6. The summed E-state index contributed by atoms with van der Waals surface area (Å²) >= 11 is 0. The van der Waals surface area contributed by atoms with E-state index in [0.29, 0.717) is 0 Å². The van der Waals surface area contributed by atoms with Gasteiger partial charge in [0.1, 0.15) is 0 Å². The number of nitrogens with zero attached hydrogens (tertiary/aromatic N) is 3. The molecule has 0 aliphatic carbocycles. The zero-order valence-electron chi connectivity index (χ0n) is 36.7. The Labute approximate surface area is 388 Å². The number of anilines is 4. The summed E-state index contributed by atoms with van der Waals surface area (Å²) in [7, 11) is 0. The number of benzene rings is 10. The van der Waals surface area contributed by atoms with Crippen LogP contribution in [0.1, 0.15) is 33.7 Å². The van der Waals surface area contributed by atoms with Crippen LogP contribution >= 0.6 is 0 Å². The van der Waals surface area contributed by atoms with Gasteiger partial charge in [0.2, 0.25) is 0 Å². The highest BCUT2D eigenvalue weighted by Gasteiger charge is 2.21. The maximum Gasteiger partial charge on any atom is 0.0658 e. The molecule has 1 unspecified atom stereocenters.